The third-order valence-corrected chi connectivity index (χ3v) is 4.79. The first kappa shape index (κ1) is 20.3. The average molecular weight is 423 g/mol. The average Bonchev–Trinajstić information content (AvgIpc) is 3.29. The first-order chi connectivity index (χ1) is 15.0. The summed E-state index contributed by atoms with van der Waals surface area (Å²) in [5, 5.41) is 5.22. The Hall–Kier alpha value is -4.01. The van der Waals surface area contributed by atoms with E-state index in [9.17, 15) is 14.4 Å². The quantitative estimate of drug-likeness (QED) is 0.547. The number of nitrogens with zero attached hydrogens (tertiary/aromatic N) is 1. The third-order valence-electron chi connectivity index (χ3n) is 4.79. The molecule has 160 valence electrons. The molecule has 9 nitrogen and oxygen atoms in total. The molecule has 4 rings (SSSR count). The fraction of sp³-hybridized carbons (Fsp3) is 0.227. The number of benzene rings is 2. The molecule has 0 radical (unpaired) electrons. The molecule has 0 spiro atoms. The van der Waals surface area contributed by atoms with E-state index in [1.54, 1.807) is 24.3 Å². The van der Waals surface area contributed by atoms with E-state index in [-0.39, 0.29) is 12.5 Å². The molecule has 0 saturated carbocycles. The molecule has 2 aromatic carbocycles. The van der Waals surface area contributed by atoms with Gasteiger partial charge in [0.1, 0.15) is 18.0 Å². The van der Waals surface area contributed by atoms with Gasteiger partial charge in [-0.2, -0.15) is 0 Å². The number of amides is 4. The lowest BCUT2D eigenvalue weighted by atomic mass is 10.1. The molecule has 9 heteroatoms. The second kappa shape index (κ2) is 8.39. The molecule has 0 unspecified atom stereocenters. The largest absolute Gasteiger partial charge is 0.493 e. The molecule has 2 N–H and O–H groups in total. The molecular weight excluding hydrogens is 402 g/mol. The molecule has 0 aromatic heterocycles. The zero-order valence-corrected chi connectivity index (χ0v) is 17.1. The topological polar surface area (TPSA) is 106 Å². The van der Waals surface area contributed by atoms with Crippen LogP contribution in [0.2, 0.25) is 0 Å². The van der Waals surface area contributed by atoms with Crippen molar-refractivity contribution in [3.8, 4) is 17.2 Å². The van der Waals surface area contributed by atoms with Gasteiger partial charge in [0, 0.05) is 17.3 Å². The van der Waals surface area contributed by atoms with Crippen LogP contribution < -0.4 is 24.8 Å². The van der Waals surface area contributed by atoms with E-state index in [1.165, 1.54) is 6.08 Å². The number of ether oxygens (including phenoxy) is 3. The van der Waals surface area contributed by atoms with Crippen molar-refractivity contribution in [2.45, 2.75) is 13.8 Å². The first-order valence-corrected chi connectivity index (χ1v) is 9.72. The number of para-hydroxylation sites is 1. The van der Waals surface area contributed by atoms with Gasteiger partial charge in [-0.05, 0) is 37.6 Å². The zero-order valence-electron chi connectivity index (χ0n) is 17.1. The minimum Gasteiger partial charge on any atom is -0.493 e. The SMILES string of the molecule is CCOc1cc2c(cc1/C=C1/NC(=O)N(CC(=O)Nc3ccccc3C)C1=O)OCO2. The summed E-state index contributed by atoms with van der Waals surface area (Å²) in [5.74, 6) is 0.461. The predicted molar refractivity (Wildman–Crippen MR) is 112 cm³/mol. The zero-order chi connectivity index (χ0) is 22.0. The van der Waals surface area contributed by atoms with Crippen molar-refractivity contribution < 1.29 is 28.6 Å². The Bertz CT molecular complexity index is 1090. The van der Waals surface area contributed by atoms with Crippen LogP contribution in [0.4, 0.5) is 10.5 Å². The van der Waals surface area contributed by atoms with Gasteiger partial charge in [-0.25, -0.2) is 9.69 Å². The van der Waals surface area contributed by atoms with Crippen LogP contribution in [-0.4, -0.2) is 42.7 Å². The molecule has 0 aliphatic carbocycles. The van der Waals surface area contributed by atoms with Crippen LogP contribution in [0, 0.1) is 6.92 Å². The minimum absolute atomic E-state index is 0.0357. The number of anilines is 1. The number of urea groups is 1. The van der Waals surface area contributed by atoms with Crippen LogP contribution in [0.25, 0.3) is 6.08 Å². The van der Waals surface area contributed by atoms with Crippen molar-refractivity contribution >= 4 is 29.6 Å². The second-order valence-electron chi connectivity index (χ2n) is 6.92. The Balaban J connectivity index is 1.52. The van der Waals surface area contributed by atoms with Gasteiger partial charge in [0.05, 0.1) is 6.61 Å². The standard InChI is InChI=1S/C22H21N3O6/c1-3-29-17-10-19-18(30-12-31-19)9-14(17)8-16-21(27)25(22(28)24-16)11-20(26)23-15-7-5-4-6-13(15)2/h4-10H,3,11-12H2,1-2H3,(H,23,26)(H,24,28)/b16-8+. The first-order valence-electron chi connectivity index (χ1n) is 9.72. The summed E-state index contributed by atoms with van der Waals surface area (Å²) in [6.07, 6.45) is 1.49. The summed E-state index contributed by atoms with van der Waals surface area (Å²) in [5.41, 5.74) is 2.08. The second-order valence-corrected chi connectivity index (χ2v) is 6.92. The van der Waals surface area contributed by atoms with Gasteiger partial charge in [0.25, 0.3) is 5.91 Å². The molecule has 0 atom stereocenters. The monoisotopic (exact) mass is 423 g/mol. The Labute approximate surface area is 178 Å². The normalized spacial score (nSPS) is 15.9. The van der Waals surface area contributed by atoms with Crippen LogP contribution in [0.1, 0.15) is 18.1 Å². The summed E-state index contributed by atoms with van der Waals surface area (Å²) in [7, 11) is 0. The molecule has 1 fully saturated rings. The number of aryl methyl sites for hydroxylation is 1. The molecular formula is C22H21N3O6. The van der Waals surface area contributed by atoms with Crippen LogP contribution in [-0.2, 0) is 9.59 Å². The third kappa shape index (κ3) is 4.16. The highest BCUT2D eigenvalue weighted by atomic mass is 16.7. The molecule has 31 heavy (non-hydrogen) atoms. The van der Waals surface area contributed by atoms with Crippen molar-refractivity contribution in [3.63, 3.8) is 0 Å². The summed E-state index contributed by atoms with van der Waals surface area (Å²) in [6.45, 7) is 3.78. The highest BCUT2D eigenvalue weighted by molar-refractivity contribution is 6.16. The van der Waals surface area contributed by atoms with E-state index >= 15 is 0 Å². The van der Waals surface area contributed by atoms with Crippen molar-refractivity contribution in [2.75, 3.05) is 25.3 Å². The molecule has 1 saturated heterocycles. The molecule has 0 bridgehead atoms. The molecule has 2 aliphatic rings. The highest BCUT2D eigenvalue weighted by Gasteiger charge is 2.35. The fourth-order valence-corrected chi connectivity index (χ4v) is 3.25. The minimum atomic E-state index is -0.671. The number of rotatable bonds is 6. The summed E-state index contributed by atoms with van der Waals surface area (Å²) >= 11 is 0. The maximum atomic E-state index is 12.8. The van der Waals surface area contributed by atoms with Gasteiger partial charge in [-0.3, -0.25) is 9.59 Å². The van der Waals surface area contributed by atoms with Gasteiger partial charge < -0.3 is 24.8 Å². The van der Waals surface area contributed by atoms with Gasteiger partial charge in [0.2, 0.25) is 12.7 Å². The van der Waals surface area contributed by atoms with E-state index in [0.717, 1.165) is 10.5 Å². The smallest absolute Gasteiger partial charge is 0.329 e. The van der Waals surface area contributed by atoms with E-state index in [0.29, 0.717) is 35.1 Å². The number of carbonyl (C=O) groups excluding carboxylic acids is 3. The lowest BCUT2D eigenvalue weighted by Gasteiger charge is -2.13. The van der Waals surface area contributed by atoms with Crippen molar-refractivity contribution in [3.05, 3.63) is 53.2 Å². The molecule has 4 amide bonds. The number of nitrogens with one attached hydrogen (secondary N) is 2. The Morgan fingerprint density at radius 1 is 1.23 bits per heavy atom. The molecule has 2 aliphatic heterocycles. The lowest BCUT2D eigenvalue weighted by molar-refractivity contribution is -0.127. The lowest BCUT2D eigenvalue weighted by Crippen LogP contribution is -2.38. The summed E-state index contributed by atoms with van der Waals surface area (Å²) < 4.78 is 16.4. The molecule has 2 aromatic rings. The Kier molecular flexibility index (Phi) is 5.48. The van der Waals surface area contributed by atoms with Gasteiger partial charge in [-0.15, -0.1) is 0 Å². The highest BCUT2D eigenvalue weighted by Crippen LogP contribution is 2.39. The van der Waals surface area contributed by atoms with E-state index in [4.69, 9.17) is 14.2 Å². The van der Waals surface area contributed by atoms with Gasteiger partial charge >= 0.3 is 6.03 Å². The number of hydrogen-bond donors (Lipinski definition) is 2. The van der Waals surface area contributed by atoms with Crippen LogP contribution >= 0.6 is 0 Å². The summed E-state index contributed by atoms with van der Waals surface area (Å²) in [6, 6.07) is 9.92. The van der Waals surface area contributed by atoms with E-state index in [2.05, 4.69) is 10.6 Å². The predicted octanol–water partition coefficient (Wildman–Crippen LogP) is 2.65. The maximum absolute atomic E-state index is 12.8. The van der Waals surface area contributed by atoms with Crippen LogP contribution in [0.3, 0.4) is 0 Å². The van der Waals surface area contributed by atoms with Crippen molar-refractivity contribution in [1.82, 2.24) is 10.2 Å². The van der Waals surface area contributed by atoms with Gasteiger partial charge in [-0.1, -0.05) is 18.2 Å². The molecule has 2 heterocycles. The fourth-order valence-electron chi connectivity index (χ4n) is 3.25. The number of fused-ring (bicyclic) bond motifs is 1. The van der Waals surface area contributed by atoms with E-state index in [1.807, 2.05) is 26.0 Å². The Morgan fingerprint density at radius 2 is 1.97 bits per heavy atom. The van der Waals surface area contributed by atoms with Gasteiger partial charge in [0.15, 0.2) is 11.5 Å². The number of carbonyl (C=O) groups is 3. The van der Waals surface area contributed by atoms with Crippen molar-refractivity contribution in [1.29, 1.82) is 0 Å². The number of imide groups is 1. The number of hydrogen-bond acceptors (Lipinski definition) is 6. The van der Waals surface area contributed by atoms with E-state index < -0.39 is 24.4 Å². The maximum Gasteiger partial charge on any atom is 0.329 e. The van der Waals surface area contributed by atoms with Crippen molar-refractivity contribution in [2.24, 2.45) is 0 Å². The van der Waals surface area contributed by atoms with Crippen LogP contribution in [0.15, 0.2) is 42.1 Å². The summed E-state index contributed by atoms with van der Waals surface area (Å²) in [4.78, 5) is 38.4. The van der Waals surface area contributed by atoms with Crippen LogP contribution in [0.5, 0.6) is 17.2 Å². The Morgan fingerprint density at radius 3 is 2.71 bits per heavy atom.